The zero-order chi connectivity index (χ0) is 15.4. The van der Waals surface area contributed by atoms with Crippen LogP contribution in [0.4, 0.5) is 0 Å². The third-order valence-corrected chi connectivity index (χ3v) is 3.55. The molecule has 3 rings (SSSR count). The van der Waals surface area contributed by atoms with Crippen LogP contribution in [0.5, 0.6) is 0 Å². The smallest absolute Gasteiger partial charge is 0.138 e. The number of aliphatic hydroxyl groups excluding tert-OH is 1. The molecule has 2 heterocycles. The van der Waals surface area contributed by atoms with E-state index in [0.717, 1.165) is 22.6 Å². The quantitative estimate of drug-likeness (QED) is 0.728. The molecule has 0 fully saturated rings. The average Bonchev–Trinajstić information content (AvgIpc) is 3.21. The second-order valence-electron chi connectivity index (χ2n) is 5.09. The summed E-state index contributed by atoms with van der Waals surface area (Å²) < 4.78 is 7.07. The summed E-state index contributed by atoms with van der Waals surface area (Å²) in [7, 11) is 0. The van der Waals surface area contributed by atoms with Gasteiger partial charge in [0.15, 0.2) is 0 Å². The number of nitrogens with one attached hydrogen (secondary N) is 1. The number of benzene rings is 1. The summed E-state index contributed by atoms with van der Waals surface area (Å²) in [5, 5.41) is 16.9. The molecule has 0 aliphatic heterocycles. The molecule has 6 nitrogen and oxygen atoms in total. The van der Waals surface area contributed by atoms with Crippen LogP contribution in [0.25, 0.3) is 5.69 Å². The molecule has 1 atom stereocenters. The normalized spacial score (nSPS) is 12.5. The molecule has 0 aliphatic rings. The standard InChI is InChI=1S/C16H18N4O2/c1-12-7-13(4-5-15(12)20-11-17-10-19-20)8-18-14(9-21)16-3-2-6-22-16/h2-7,10-11,14,18,21H,8-9H2,1H3. The first-order valence-corrected chi connectivity index (χ1v) is 7.10. The average molecular weight is 298 g/mol. The largest absolute Gasteiger partial charge is 0.468 e. The number of rotatable bonds is 6. The summed E-state index contributed by atoms with van der Waals surface area (Å²) in [6.07, 6.45) is 4.81. The second-order valence-corrected chi connectivity index (χ2v) is 5.09. The monoisotopic (exact) mass is 298 g/mol. The van der Waals surface area contributed by atoms with E-state index >= 15 is 0 Å². The SMILES string of the molecule is Cc1cc(CNC(CO)c2ccco2)ccc1-n1cncn1. The van der Waals surface area contributed by atoms with Gasteiger partial charge >= 0.3 is 0 Å². The molecule has 2 aromatic heterocycles. The predicted octanol–water partition coefficient (Wildman–Crippen LogP) is 1.99. The highest BCUT2D eigenvalue weighted by Gasteiger charge is 2.12. The molecule has 22 heavy (non-hydrogen) atoms. The lowest BCUT2D eigenvalue weighted by molar-refractivity contribution is 0.225. The van der Waals surface area contributed by atoms with E-state index < -0.39 is 0 Å². The number of furan rings is 1. The molecular formula is C16H18N4O2. The molecule has 0 aliphatic carbocycles. The van der Waals surface area contributed by atoms with E-state index in [1.807, 2.05) is 31.2 Å². The van der Waals surface area contributed by atoms with Crippen LogP contribution in [0, 0.1) is 6.92 Å². The summed E-state index contributed by atoms with van der Waals surface area (Å²) in [5.74, 6) is 0.735. The van der Waals surface area contributed by atoms with Gasteiger partial charge in [-0.1, -0.05) is 12.1 Å². The third-order valence-electron chi connectivity index (χ3n) is 3.55. The first-order chi connectivity index (χ1) is 10.8. The van der Waals surface area contributed by atoms with Crippen molar-refractivity contribution >= 4 is 0 Å². The zero-order valence-electron chi connectivity index (χ0n) is 12.3. The van der Waals surface area contributed by atoms with Gasteiger partial charge in [-0.2, -0.15) is 5.10 Å². The van der Waals surface area contributed by atoms with Crippen LogP contribution in [0.1, 0.15) is 22.9 Å². The van der Waals surface area contributed by atoms with Gasteiger partial charge in [-0.15, -0.1) is 0 Å². The lowest BCUT2D eigenvalue weighted by Gasteiger charge is -2.15. The number of aliphatic hydroxyl groups is 1. The molecular weight excluding hydrogens is 280 g/mol. The molecule has 0 saturated carbocycles. The fourth-order valence-corrected chi connectivity index (χ4v) is 2.40. The summed E-state index contributed by atoms with van der Waals surface area (Å²) in [4.78, 5) is 3.96. The number of aromatic nitrogens is 3. The highest BCUT2D eigenvalue weighted by Crippen LogP contribution is 2.17. The highest BCUT2D eigenvalue weighted by molar-refractivity contribution is 5.41. The van der Waals surface area contributed by atoms with Crippen molar-refractivity contribution < 1.29 is 9.52 Å². The van der Waals surface area contributed by atoms with Gasteiger partial charge in [0.05, 0.1) is 24.6 Å². The molecule has 0 spiro atoms. The number of hydrogen-bond donors (Lipinski definition) is 2. The van der Waals surface area contributed by atoms with Crippen LogP contribution < -0.4 is 5.32 Å². The predicted molar refractivity (Wildman–Crippen MR) is 81.5 cm³/mol. The Hall–Kier alpha value is -2.44. The van der Waals surface area contributed by atoms with Gasteiger partial charge in [-0.25, -0.2) is 9.67 Å². The maximum Gasteiger partial charge on any atom is 0.138 e. The van der Waals surface area contributed by atoms with Crippen molar-refractivity contribution in [2.45, 2.75) is 19.5 Å². The third kappa shape index (κ3) is 3.08. The van der Waals surface area contributed by atoms with Gasteiger partial charge in [0, 0.05) is 6.54 Å². The van der Waals surface area contributed by atoms with Crippen LogP contribution >= 0.6 is 0 Å². The minimum atomic E-state index is -0.203. The molecule has 0 bridgehead atoms. The van der Waals surface area contributed by atoms with Crippen molar-refractivity contribution in [1.82, 2.24) is 20.1 Å². The molecule has 1 unspecified atom stereocenters. The van der Waals surface area contributed by atoms with Crippen molar-refractivity contribution in [2.24, 2.45) is 0 Å². The number of nitrogens with zero attached hydrogens (tertiary/aromatic N) is 3. The van der Waals surface area contributed by atoms with Crippen molar-refractivity contribution in [3.05, 3.63) is 66.1 Å². The Kier molecular flexibility index (Phi) is 4.32. The Morgan fingerprint density at radius 2 is 2.27 bits per heavy atom. The van der Waals surface area contributed by atoms with E-state index in [2.05, 4.69) is 21.5 Å². The van der Waals surface area contributed by atoms with Crippen LogP contribution in [-0.4, -0.2) is 26.5 Å². The van der Waals surface area contributed by atoms with Crippen LogP contribution in [0.3, 0.4) is 0 Å². The van der Waals surface area contributed by atoms with Crippen molar-refractivity contribution in [3.8, 4) is 5.69 Å². The molecule has 6 heteroatoms. The minimum absolute atomic E-state index is 0.0104. The van der Waals surface area contributed by atoms with Gasteiger partial charge in [0.25, 0.3) is 0 Å². The zero-order valence-corrected chi connectivity index (χ0v) is 12.3. The first kappa shape index (κ1) is 14.5. The molecule has 3 aromatic rings. The first-order valence-electron chi connectivity index (χ1n) is 7.10. The molecule has 1 aromatic carbocycles. The fourth-order valence-electron chi connectivity index (χ4n) is 2.40. The Morgan fingerprint density at radius 3 is 2.91 bits per heavy atom. The Labute approximate surface area is 128 Å². The Balaban J connectivity index is 1.70. The molecule has 0 radical (unpaired) electrons. The Bertz CT molecular complexity index is 708. The lowest BCUT2D eigenvalue weighted by atomic mass is 10.1. The number of aryl methyl sites for hydroxylation is 1. The van der Waals surface area contributed by atoms with Gasteiger partial charge in [0.2, 0.25) is 0 Å². The highest BCUT2D eigenvalue weighted by atomic mass is 16.3. The van der Waals surface area contributed by atoms with Crippen molar-refractivity contribution in [3.63, 3.8) is 0 Å². The van der Waals surface area contributed by atoms with Gasteiger partial charge in [0.1, 0.15) is 18.4 Å². The van der Waals surface area contributed by atoms with Crippen molar-refractivity contribution in [2.75, 3.05) is 6.61 Å². The number of hydrogen-bond acceptors (Lipinski definition) is 5. The lowest BCUT2D eigenvalue weighted by Crippen LogP contribution is -2.23. The minimum Gasteiger partial charge on any atom is -0.468 e. The molecule has 0 saturated heterocycles. The van der Waals surface area contributed by atoms with E-state index in [1.165, 1.54) is 6.33 Å². The van der Waals surface area contributed by atoms with Crippen LogP contribution in [0.2, 0.25) is 0 Å². The topological polar surface area (TPSA) is 76.1 Å². The summed E-state index contributed by atoms with van der Waals surface area (Å²) in [5.41, 5.74) is 3.25. The second kappa shape index (κ2) is 6.55. The van der Waals surface area contributed by atoms with E-state index in [4.69, 9.17) is 4.42 Å². The van der Waals surface area contributed by atoms with E-state index in [9.17, 15) is 5.11 Å². The maximum atomic E-state index is 9.46. The molecule has 114 valence electrons. The van der Waals surface area contributed by atoms with Gasteiger partial charge in [-0.3, -0.25) is 0 Å². The van der Waals surface area contributed by atoms with E-state index in [-0.39, 0.29) is 12.6 Å². The fraction of sp³-hybridized carbons (Fsp3) is 0.250. The van der Waals surface area contributed by atoms with Crippen molar-refractivity contribution in [1.29, 1.82) is 0 Å². The molecule has 2 N–H and O–H groups in total. The van der Waals surface area contributed by atoms with E-state index in [1.54, 1.807) is 17.3 Å². The summed E-state index contributed by atoms with van der Waals surface area (Å²) >= 11 is 0. The van der Waals surface area contributed by atoms with E-state index in [0.29, 0.717) is 6.54 Å². The summed E-state index contributed by atoms with van der Waals surface area (Å²) in [6.45, 7) is 2.67. The van der Waals surface area contributed by atoms with Gasteiger partial charge in [-0.05, 0) is 36.2 Å². The van der Waals surface area contributed by atoms with Gasteiger partial charge < -0.3 is 14.8 Å². The van der Waals surface area contributed by atoms with Crippen LogP contribution in [-0.2, 0) is 6.54 Å². The maximum absolute atomic E-state index is 9.46. The molecule has 0 amide bonds. The summed E-state index contributed by atoms with van der Waals surface area (Å²) in [6, 6.07) is 9.62. The van der Waals surface area contributed by atoms with Crippen LogP contribution in [0.15, 0.2) is 53.7 Å². The Morgan fingerprint density at radius 1 is 1.36 bits per heavy atom.